The van der Waals surface area contributed by atoms with Crippen molar-refractivity contribution < 1.29 is 9.84 Å². The van der Waals surface area contributed by atoms with Gasteiger partial charge < -0.3 is 15.2 Å². The summed E-state index contributed by atoms with van der Waals surface area (Å²) in [6, 6.07) is 7.81. The monoisotopic (exact) mass is 289 g/mol. The van der Waals surface area contributed by atoms with Gasteiger partial charge in [0.25, 0.3) is 0 Å². The Labute approximate surface area is 127 Å². The number of rotatable bonds is 7. The Bertz CT molecular complexity index is 476. The highest BCUT2D eigenvalue weighted by Gasteiger charge is 2.50. The molecule has 3 nitrogen and oxygen atoms in total. The van der Waals surface area contributed by atoms with Crippen molar-refractivity contribution in [2.75, 3.05) is 26.8 Å². The Hall–Kier alpha value is -1.06. The molecule has 0 heterocycles. The van der Waals surface area contributed by atoms with E-state index in [9.17, 15) is 5.11 Å². The number of fused-ring (bicyclic) bond motifs is 2. The van der Waals surface area contributed by atoms with Crippen LogP contribution in [0.5, 0.6) is 5.75 Å². The second kappa shape index (κ2) is 6.37. The largest absolute Gasteiger partial charge is 0.508 e. The molecule has 0 aromatic heterocycles. The lowest BCUT2D eigenvalue weighted by Gasteiger charge is -2.38. The fourth-order valence-corrected chi connectivity index (χ4v) is 4.64. The highest BCUT2D eigenvalue weighted by molar-refractivity contribution is 5.28. The third kappa shape index (κ3) is 3.24. The first-order chi connectivity index (χ1) is 10.2. The van der Waals surface area contributed by atoms with E-state index in [0.29, 0.717) is 11.2 Å². The maximum Gasteiger partial charge on any atom is 0.115 e. The molecule has 2 fully saturated rings. The minimum absolute atomic E-state index is 0.379. The molecule has 3 unspecified atom stereocenters. The molecule has 2 aliphatic rings. The predicted molar refractivity (Wildman–Crippen MR) is 84.4 cm³/mol. The minimum atomic E-state index is 0.379. The molecule has 21 heavy (non-hydrogen) atoms. The minimum Gasteiger partial charge on any atom is -0.508 e. The van der Waals surface area contributed by atoms with Gasteiger partial charge in [-0.05, 0) is 60.6 Å². The van der Waals surface area contributed by atoms with Gasteiger partial charge in [-0.25, -0.2) is 0 Å². The fraction of sp³-hybridized carbons (Fsp3) is 0.667. The number of nitrogens with one attached hydrogen (secondary N) is 1. The smallest absolute Gasteiger partial charge is 0.115 e. The zero-order valence-corrected chi connectivity index (χ0v) is 13.0. The Morgan fingerprint density at radius 1 is 1.38 bits per heavy atom. The van der Waals surface area contributed by atoms with Crippen LogP contribution in [-0.4, -0.2) is 31.9 Å². The van der Waals surface area contributed by atoms with Gasteiger partial charge in [-0.2, -0.15) is 0 Å². The molecule has 2 aliphatic carbocycles. The van der Waals surface area contributed by atoms with Crippen molar-refractivity contribution in [3.63, 3.8) is 0 Å². The maximum atomic E-state index is 9.72. The number of hydrogen-bond donors (Lipinski definition) is 2. The van der Waals surface area contributed by atoms with Gasteiger partial charge in [-0.3, -0.25) is 0 Å². The first-order valence-electron chi connectivity index (χ1n) is 8.19. The summed E-state index contributed by atoms with van der Waals surface area (Å²) < 4.78 is 5.14. The summed E-state index contributed by atoms with van der Waals surface area (Å²) in [6.07, 6.45) is 6.64. The average Bonchev–Trinajstić information content (AvgIpc) is 3.05. The van der Waals surface area contributed by atoms with Crippen molar-refractivity contribution in [3.05, 3.63) is 29.8 Å². The lowest BCUT2D eigenvalue weighted by atomic mass is 9.69. The fourth-order valence-electron chi connectivity index (χ4n) is 4.64. The van der Waals surface area contributed by atoms with E-state index in [1.54, 1.807) is 13.2 Å². The van der Waals surface area contributed by atoms with Gasteiger partial charge in [0.15, 0.2) is 0 Å². The summed E-state index contributed by atoms with van der Waals surface area (Å²) in [5.74, 6) is 2.16. The standard InChI is InChI=1S/C18H27NO2/c1-21-8-7-19-13-18(12-15-5-6-16(18)9-15)11-14-3-2-4-17(20)10-14/h2-4,10,15-16,19-20H,5-9,11-13H2,1H3. The van der Waals surface area contributed by atoms with Crippen LogP contribution in [0.2, 0.25) is 0 Å². The Morgan fingerprint density at radius 2 is 2.29 bits per heavy atom. The van der Waals surface area contributed by atoms with Crippen LogP contribution in [0.25, 0.3) is 0 Å². The lowest BCUT2D eigenvalue weighted by molar-refractivity contribution is 0.145. The second-order valence-corrected chi connectivity index (χ2v) is 6.96. The Kier molecular flexibility index (Phi) is 4.51. The van der Waals surface area contributed by atoms with Crippen molar-refractivity contribution in [2.45, 2.75) is 32.1 Å². The Balaban J connectivity index is 1.70. The number of aromatic hydroxyl groups is 1. The number of methoxy groups -OCH3 is 1. The molecule has 0 radical (unpaired) electrons. The summed E-state index contributed by atoms with van der Waals surface area (Å²) in [5, 5.41) is 13.3. The number of hydrogen-bond acceptors (Lipinski definition) is 3. The third-order valence-corrected chi connectivity index (χ3v) is 5.53. The van der Waals surface area contributed by atoms with E-state index in [-0.39, 0.29) is 0 Å². The molecule has 0 spiro atoms. The maximum absolute atomic E-state index is 9.72. The van der Waals surface area contributed by atoms with E-state index in [0.717, 1.165) is 38.0 Å². The van der Waals surface area contributed by atoms with Crippen LogP contribution in [0.1, 0.15) is 31.2 Å². The van der Waals surface area contributed by atoms with E-state index in [1.165, 1.54) is 31.2 Å². The topological polar surface area (TPSA) is 41.5 Å². The van der Waals surface area contributed by atoms with Crippen molar-refractivity contribution in [1.82, 2.24) is 5.32 Å². The predicted octanol–water partition coefficient (Wildman–Crippen LogP) is 2.98. The zero-order valence-electron chi connectivity index (χ0n) is 13.0. The van der Waals surface area contributed by atoms with Crippen molar-refractivity contribution in [1.29, 1.82) is 0 Å². The van der Waals surface area contributed by atoms with Gasteiger partial charge in [0.1, 0.15) is 5.75 Å². The van der Waals surface area contributed by atoms with Crippen molar-refractivity contribution in [3.8, 4) is 5.75 Å². The van der Waals surface area contributed by atoms with E-state index in [4.69, 9.17) is 4.74 Å². The summed E-state index contributed by atoms with van der Waals surface area (Å²) in [4.78, 5) is 0. The molecule has 3 heteroatoms. The van der Waals surface area contributed by atoms with E-state index >= 15 is 0 Å². The van der Waals surface area contributed by atoms with Gasteiger partial charge in [-0.15, -0.1) is 0 Å². The second-order valence-electron chi connectivity index (χ2n) is 6.96. The highest BCUT2D eigenvalue weighted by atomic mass is 16.5. The molecule has 0 aliphatic heterocycles. The third-order valence-electron chi connectivity index (χ3n) is 5.53. The van der Waals surface area contributed by atoms with Crippen LogP contribution < -0.4 is 5.32 Å². The SMILES string of the molecule is COCCNCC1(Cc2cccc(O)c2)CC2CCC1C2. The number of phenolic OH excluding ortho intramolecular Hbond substituents is 1. The first-order valence-corrected chi connectivity index (χ1v) is 8.19. The Morgan fingerprint density at radius 3 is 2.95 bits per heavy atom. The molecule has 116 valence electrons. The van der Waals surface area contributed by atoms with Gasteiger partial charge in [0.05, 0.1) is 6.61 Å². The van der Waals surface area contributed by atoms with Gasteiger partial charge in [-0.1, -0.05) is 18.6 Å². The van der Waals surface area contributed by atoms with E-state index in [2.05, 4.69) is 11.4 Å². The van der Waals surface area contributed by atoms with Crippen LogP contribution in [0.3, 0.4) is 0 Å². The normalized spacial score (nSPS) is 30.9. The van der Waals surface area contributed by atoms with Gasteiger partial charge in [0.2, 0.25) is 0 Å². The number of benzene rings is 1. The molecule has 3 rings (SSSR count). The van der Waals surface area contributed by atoms with Crippen molar-refractivity contribution in [2.24, 2.45) is 17.3 Å². The van der Waals surface area contributed by atoms with Gasteiger partial charge >= 0.3 is 0 Å². The van der Waals surface area contributed by atoms with E-state index < -0.39 is 0 Å². The van der Waals surface area contributed by atoms with Gasteiger partial charge in [0, 0.05) is 20.2 Å². The van der Waals surface area contributed by atoms with Crippen LogP contribution in [0.15, 0.2) is 24.3 Å². The molecule has 2 bridgehead atoms. The van der Waals surface area contributed by atoms with Crippen LogP contribution >= 0.6 is 0 Å². The first kappa shape index (κ1) is 14.9. The molecular formula is C18H27NO2. The number of phenols is 1. The molecule has 0 amide bonds. The van der Waals surface area contributed by atoms with Crippen LogP contribution in [0.4, 0.5) is 0 Å². The molecular weight excluding hydrogens is 262 g/mol. The quantitative estimate of drug-likeness (QED) is 0.758. The molecule has 2 N–H and O–H groups in total. The molecule has 3 atom stereocenters. The summed E-state index contributed by atoms with van der Waals surface area (Å²) >= 11 is 0. The summed E-state index contributed by atoms with van der Waals surface area (Å²) in [6.45, 7) is 2.78. The van der Waals surface area contributed by atoms with Crippen LogP contribution in [0, 0.1) is 17.3 Å². The lowest BCUT2D eigenvalue weighted by Crippen LogP contribution is -2.41. The molecule has 1 aromatic carbocycles. The number of ether oxygens (including phenoxy) is 1. The summed E-state index contributed by atoms with van der Waals surface area (Å²) in [5.41, 5.74) is 1.65. The zero-order chi connectivity index (χ0) is 14.7. The average molecular weight is 289 g/mol. The van der Waals surface area contributed by atoms with Crippen LogP contribution in [-0.2, 0) is 11.2 Å². The van der Waals surface area contributed by atoms with Crippen molar-refractivity contribution >= 4 is 0 Å². The highest BCUT2D eigenvalue weighted by Crippen LogP contribution is 2.57. The molecule has 1 aromatic rings. The molecule has 0 saturated heterocycles. The van der Waals surface area contributed by atoms with E-state index in [1.807, 2.05) is 12.1 Å². The summed E-state index contributed by atoms with van der Waals surface area (Å²) in [7, 11) is 1.75. The molecule has 2 saturated carbocycles.